The van der Waals surface area contributed by atoms with Crippen LogP contribution in [0, 0.1) is 0 Å². The third-order valence-corrected chi connectivity index (χ3v) is 4.21. The topological polar surface area (TPSA) is 81.4 Å². The van der Waals surface area contributed by atoms with E-state index >= 15 is 0 Å². The molecule has 7 heteroatoms. The number of carbonyl (C=O) groups excluding carboxylic acids is 1. The van der Waals surface area contributed by atoms with Gasteiger partial charge in [-0.1, -0.05) is 18.2 Å². The van der Waals surface area contributed by atoms with Crippen molar-refractivity contribution in [1.29, 1.82) is 0 Å². The molecule has 0 atom stereocenters. The maximum atomic E-state index is 12.3. The van der Waals surface area contributed by atoms with E-state index in [-0.39, 0.29) is 5.91 Å². The Labute approximate surface area is 162 Å². The predicted octanol–water partition coefficient (Wildman–Crippen LogP) is 3.28. The zero-order valence-electron chi connectivity index (χ0n) is 15.2. The number of ether oxygens (including phenoxy) is 1. The number of amides is 1. The predicted molar refractivity (Wildman–Crippen MR) is 104 cm³/mol. The van der Waals surface area contributed by atoms with Gasteiger partial charge in [0, 0.05) is 24.5 Å². The largest absolute Gasteiger partial charge is 0.457 e. The fourth-order valence-electron chi connectivity index (χ4n) is 2.78. The molecule has 0 radical (unpaired) electrons. The Bertz CT molecular complexity index is 1060. The monoisotopic (exact) mass is 373 g/mol. The molecule has 2 aromatic carbocycles. The SMILES string of the molecule is O=C(NCCCc1cnc2ncnn2c1)c1ccc(Oc2ccccc2)cc1. The Morgan fingerprint density at radius 3 is 2.61 bits per heavy atom. The zero-order chi connectivity index (χ0) is 19.2. The molecule has 0 bridgehead atoms. The first-order valence-electron chi connectivity index (χ1n) is 9.03. The van der Waals surface area contributed by atoms with E-state index in [9.17, 15) is 4.79 Å². The number of rotatable bonds is 7. The van der Waals surface area contributed by atoms with Crippen molar-refractivity contribution < 1.29 is 9.53 Å². The van der Waals surface area contributed by atoms with Crippen molar-refractivity contribution in [3.63, 3.8) is 0 Å². The molecule has 0 unspecified atom stereocenters. The first-order valence-corrected chi connectivity index (χ1v) is 9.03. The Balaban J connectivity index is 1.25. The van der Waals surface area contributed by atoms with Crippen molar-refractivity contribution in [3.8, 4) is 11.5 Å². The van der Waals surface area contributed by atoms with Crippen molar-refractivity contribution in [2.75, 3.05) is 6.54 Å². The Morgan fingerprint density at radius 1 is 1.00 bits per heavy atom. The standard InChI is InChI=1S/C21H19N5O2/c27-20(17-8-10-19(11-9-17)28-18-6-2-1-3-7-18)22-12-4-5-16-13-23-21-24-15-25-26(21)14-16/h1-3,6-11,13-15H,4-5,12H2,(H,22,27). The van der Waals surface area contributed by atoms with Crippen LogP contribution in [0.25, 0.3) is 5.78 Å². The van der Waals surface area contributed by atoms with Crippen molar-refractivity contribution >= 4 is 11.7 Å². The molecule has 1 N–H and O–H groups in total. The number of fused-ring (bicyclic) bond motifs is 1. The number of carbonyl (C=O) groups is 1. The molecule has 0 aliphatic rings. The quantitative estimate of drug-likeness (QED) is 0.503. The maximum absolute atomic E-state index is 12.3. The third-order valence-electron chi connectivity index (χ3n) is 4.21. The number of hydrogen-bond donors (Lipinski definition) is 1. The summed E-state index contributed by atoms with van der Waals surface area (Å²) in [4.78, 5) is 20.5. The molecule has 2 aromatic heterocycles. The van der Waals surface area contributed by atoms with Gasteiger partial charge < -0.3 is 10.1 Å². The Hall–Kier alpha value is -3.74. The molecule has 0 saturated heterocycles. The summed E-state index contributed by atoms with van der Waals surface area (Å²) in [5.41, 5.74) is 1.65. The molecule has 0 aliphatic heterocycles. The highest BCUT2D eigenvalue weighted by Gasteiger charge is 2.06. The molecule has 4 aromatic rings. The summed E-state index contributed by atoms with van der Waals surface area (Å²) < 4.78 is 7.38. The average molecular weight is 373 g/mol. The normalized spacial score (nSPS) is 10.7. The molecule has 28 heavy (non-hydrogen) atoms. The molecular weight excluding hydrogens is 354 g/mol. The molecule has 0 fully saturated rings. The van der Waals surface area contributed by atoms with Gasteiger partial charge in [-0.05, 0) is 54.8 Å². The zero-order valence-corrected chi connectivity index (χ0v) is 15.2. The summed E-state index contributed by atoms with van der Waals surface area (Å²) in [5, 5.41) is 7.01. The van der Waals surface area contributed by atoms with Gasteiger partial charge >= 0.3 is 0 Å². The van der Waals surface area contributed by atoms with Crippen molar-refractivity contribution in [3.05, 3.63) is 84.4 Å². The number of nitrogens with zero attached hydrogens (tertiary/aromatic N) is 4. The Morgan fingerprint density at radius 2 is 1.79 bits per heavy atom. The Kier molecular flexibility index (Phi) is 5.24. The van der Waals surface area contributed by atoms with Crippen LogP contribution in [-0.2, 0) is 6.42 Å². The van der Waals surface area contributed by atoms with Crippen LogP contribution in [0.4, 0.5) is 0 Å². The van der Waals surface area contributed by atoms with Gasteiger partial charge in [-0.2, -0.15) is 10.1 Å². The van der Waals surface area contributed by atoms with Crippen LogP contribution < -0.4 is 10.1 Å². The van der Waals surface area contributed by atoms with Crippen molar-refractivity contribution in [1.82, 2.24) is 24.9 Å². The van der Waals surface area contributed by atoms with Gasteiger partial charge in [-0.15, -0.1) is 0 Å². The lowest BCUT2D eigenvalue weighted by molar-refractivity contribution is 0.0953. The fraction of sp³-hybridized carbons (Fsp3) is 0.143. The molecule has 2 heterocycles. The summed E-state index contributed by atoms with van der Waals surface area (Å²) in [7, 11) is 0. The van der Waals surface area contributed by atoms with Gasteiger partial charge in [-0.3, -0.25) is 4.79 Å². The van der Waals surface area contributed by atoms with Crippen LogP contribution in [0.5, 0.6) is 11.5 Å². The first-order chi connectivity index (χ1) is 13.8. The van der Waals surface area contributed by atoms with E-state index in [4.69, 9.17) is 4.74 Å². The highest BCUT2D eigenvalue weighted by molar-refractivity contribution is 5.94. The van der Waals surface area contributed by atoms with E-state index in [0.717, 1.165) is 24.2 Å². The number of hydrogen-bond acceptors (Lipinski definition) is 5. The third kappa shape index (κ3) is 4.32. The lowest BCUT2D eigenvalue weighted by Gasteiger charge is -2.08. The second kappa shape index (κ2) is 8.30. The maximum Gasteiger partial charge on any atom is 0.252 e. The lowest BCUT2D eigenvalue weighted by Crippen LogP contribution is -2.24. The first kappa shape index (κ1) is 17.7. The summed E-state index contributed by atoms with van der Waals surface area (Å²) in [6.07, 6.45) is 6.78. The van der Waals surface area contributed by atoms with E-state index in [1.807, 2.05) is 36.5 Å². The smallest absolute Gasteiger partial charge is 0.252 e. The van der Waals surface area contributed by atoms with Gasteiger partial charge in [-0.25, -0.2) is 9.50 Å². The van der Waals surface area contributed by atoms with Crippen molar-refractivity contribution in [2.45, 2.75) is 12.8 Å². The number of nitrogens with one attached hydrogen (secondary N) is 1. The van der Waals surface area contributed by atoms with Gasteiger partial charge in [0.1, 0.15) is 17.8 Å². The van der Waals surface area contributed by atoms with E-state index in [1.54, 1.807) is 35.0 Å². The molecule has 140 valence electrons. The van der Waals surface area contributed by atoms with Crippen LogP contribution in [0.2, 0.25) is 0 Å². The summed E-state index contributed by atoms with van der Waals surface area (Å²) >= 11 is 0. The molecule has 7 nitrogen and oxygen atoms in total. The second-order valence-corrected chi connectivity index (χ2v) is 6.27. The average Bonchev–Trinajstić information content (AvgIpc) is 3.20. The number of aromatic nitrogens is 4. The van der Waals surface area contributed by atoms with Crippen LogP contribution in [0.15, 0.2) is 73.3 Å². The van der Waals surface area contributed by atoms with Gasteiger partial charge in [0.05, 0.1) is 0 Å². The minimum atomic E-state index is -0.101. The summed E-state index contributed by atoms with van der Waals surface area (Å²) in [6, 6.07) is 16.6. The molecule has 0 aliphatic carbocycles. The molecule has 0 saturated carbocycles. The molecular formula is C21H19N5O2. The summed E-state index contributed by atoms with van der Waals surface area (Å²) in [5.74, 6) is 1.94. The van der Waals surface area contributed by atoms with Crippen LogP contribution >= 0.6 is 0 Å². The van der Waals surface area contributed by atoms with E-state index < -0.39 is 0 Å². The van der Waals surface area contributed by atoms with Crippen LogP contribution in [-0.4, -0.2) is 32.0 Å². The number of para-hydroxylation sites is 1. The van der Waals surface area contributed by atoms with E-state index in [1.165, 1.54) is 6.33 Å². The highest BCUT2D eigenvalue weighted by Crippen LogP contribution is 2.21. The fourth-order valence-corrected chi connectivity index (χ4v) is 2.78. The lowest BCUT2D eigenvalue weighted by atomic mass is 10.1. The summed E-state index contributed by atoms with van der Waals surface area (Å²) in [6.45, 7) is 0.580. The minimum Gasteiger partial charge on any atom is -0.457 e. The molecule has 1 amide bonds. The van der Waals surface area contributed by atoms with Crippen LogP contribution in [0.1, 0.15) is 22.3 Å². The van der Waals surface area contributed by atoms with E-state index in [0.29, 0.717) is 23.6 Å². The van der Waals surface area contributed by atoms with Crippen LogP contribution in [0.3, 0.4) is 0 Å². The number of aryl methyl sites for hydroxylation is 1. The molecule has 4 rings (SSSR count). The van der Waals surface area contributed by atoms with Gasteiger partial charge in [0.15, 0.2) is 0 Å². The number of benzene rings is 2. The minimum absolute atomic E-state index is 0.101. The van der Waals surface area contributed by atoms with E-state index in [2.05, 4.69) is 20.4 Å². The highest BCUT2D eigenvalue weighted by atomic mass is 16.5. The molecule has 0 spiro atoms. The van der Waals surface area contributed by atoms with Gasteiger partial charge in [0.2, 0.25) is 0 Å². The van der Waals surface area contributed by atoms with Crippen molar-refractivity contribution in [2.24, 2.45) is 0 Å². The van der Waals surface area contributed by atoms with Gasteiger partial charge in [0.25, 0.3) is 11.7 Å². The second-order valence-electron chi connectivity index (χ2n) is 6.27.